The van der Waals surface area contributed by atoms with E-state index in [-0.39, 0.29) is 5.82 Å². The van der Waals surface area contributed by atoms with Crippen LogP contribution in [0.2, 0.25) is 5.02 Å². The average Bonchev–Trinajstić information content (AvgIpc) is 2.43. The van der Waals surface area contributed by atoms with Gasteiger partial charge in [0.15, 0.2) is 0 Å². The van der Waals surface area contributed by atoms with Crippen molar-refractivity contribution in [2.45, 2.75) is 0 Å². The molecule has 0 aliphatic heterocycles. The summed E-state index contributed by atoms with van der Waals surface area (Å²) in [5.74, 6) is -0.256. The molecule has 1 aromatic heterocycles. The third-order valence-electron chi connectivity index (χ3n) is 2.85. The molecule has 0 saturated carbocycles. The predicted molar refractivity (Wildman–Crippen MR) is 76.4 cm³/mol. The first-order chi connectivity index (χ1) is 9.24. The van der Waals surface area contributed by atoms with Crippen LogP contribution in [0.25, 0.3) is 10.9 Å². The smallest absolute Gasteiger partial charge is 0.123 e. The van der Waals surface area contributed by atoms with Gasteiger partial charge in [-0.15, -0.1) is 0 Å². The summed E-state index contributed by atoms with van der Waals surface area (Å²) in [6.45, 7) is 0. The van der Waals surface area contributed by atoms with Crippen molar-refractivity contribution in [3.8, 4) is 0 Å². The quantitative estimate of drug-likeness (QED) is 0.727. The van der Waals surface area contributed by atoms with Gasteiger partial charge in [0, 0.05) is 23.0 Å². The SMILES string of the molecule is Fc1ccc(Nc2ccnc3c(Cl)cccc23)cc1. The van der Waals surface area contributed by atoms with Crippen molar-refractivity contribution in [1.29, 1.82) is 0 Å². The lowest BCUT2D eigenvalue weighted by atomic mass is 10.2. The molecular formula is C15H10ClFN2. The van der Waals surface area contributed by atoms with Crippen molar-refractivity contribution >= 4 is 33.9 Å². The van der Waals surface area contributed by atoms with Crippen LogP contribution in [0.1, 0.15) is 0 Å². The minimum absolute atomic E-state index is 0.256. The molecule has 3 rings (SSSR count). The van der Waals surface area contributed by atoms with Crippen LogP contribution in [0.3, 0.4) is 0 Å². The molecule has 0 aliphatic carbocycles. The van der Waals surface area contributed by atoms with E-state index in [1.807, 2.05) is 18.2 Å². The lowest BCUT2D eigenvalue weighted by molar-refractivity contribution is 0.628. The third kappa shape index (κ3) is 2.37. The van der Waals surface area contributed by atoms with Crippen LogP contribution in [0, 0.1) is 5.82 Å². The number of nitrogens with zero attached hydrogens (tertiary/aromatic N) is 1. The first-order valence-electron chi connectivity index (χ1n) is 5.80. The van der Waals surface area contributed by atoms with Gasteiger partial charge in [0.1, 0.15) is 5.82 Å². The van der Waals surface area contributed by atoms with E-state index in [9.17, 15) is 4.39 Å². The van der Waals surface area contributed by atoms with Crippen molar-refractivity contribution in [3.63, 3.8) is 0 Å². The van der Waals surface area contributed by atoms with Gasteiger partial charge in [-0.1, -0.05) is 23.7 Å². The number of rotatable bonds is 2. The van der Waals surface area contributed by atoms with Gasteiger partial charge in [0.2, 0.25) is 0 Å². The Labute approximate surface area is 114 Å². The van der Waals surface area contributed by atoms with E-state index in [4.69, 9.17) is 11.6 Å². The Hall–Kier alpha value is -2.13. The molecule has 0 fully saturated rings. The second-order valence-corrected chi connectivity index (χ2v) is 4.53. The standard InChI is InChI=1S/C15H10ClFN2/c16-13-3-1-2-12-14(8-9-18-15(12)13)19-11-6-4-10(17)5-7-11/h1-9H,(H,18,19). The summed E-state index contributed by atoms with van der Waals surface area (Å²) in [4.78, 5) is 4.27. The number of benzene rings is 2. The van der Waals surface area contributed by atoms with E-state index in [2.05, 4.69) is 10.3 Å². The highest BCUT2D eigenvalue weighted by atomic mass is 35.5. The van der Waals surface area contributed by atoms with Crippen LogP contribution in [-0.4, -0.2) is 4.98 Å². The molecule has 2 aromatic carbocycles. The monoisotopic (exact) mass is 272 g/mol. The first kappa shape index (κ1) is 11.9. The molecule has 0 radical (unpaired) electrons. The molecule has 94 valence electrons. The Kier molecular flexibility index (Phi) is 3.05. The van der Waals surface area contributed by atoms with Gasteiger partial charge < -0.3 is 5.32 Å². The van der Waals surface area contributed by atoms with Crippen LogP contribution in [-0.2, 0) is 0 Å². The van der Waals surface area contributed by atoms with E-state index < -0.39 is 0 Å². The van der Waals surface area contributed by atoms with Crippen LogP contribution in [0.5, 0.6) is 0 Å². The summed E-state index contributed by atoms with van der Waals surface area (Å²) in [5.41, 5.74) is 2.45. The van der Waals surface area contributed by atoms with Crippen molar-refractivity contribution in [1.82, 2.24) is 4.98 Å². The van der Waals surface area contributed by atoms with E-state index in [0.717, 1.165) is 22.3 Å². The Morgan fingerprint density at radius 3 is 2.58 bits per heavy atom. The van der Waals surface area contributed by atoms with E-state index in [1.54, 1.807) is 24.4 Å². The summed E-state index contributed by atoms with van der Waals surface area (Å²) < 4.78 is 12.9. The molecule has 0 amide bonds. The van der Waals surface area contributed by atoms with E-state index in [0.29, 0.717) is 5.02 Å². The van der Waals surface area contributed by atoms with Crippen molar-refractivity contribution in [2.24, 2.45) is 0 Å². The molecule has 0 spiro atoms. The Morgan fingerprint density at radius 1 is 1.00 bits per heavy atom. The normalized spacial score (nSPS) is 10.6. The molecule has 1 heterocycles. The Morgan fingerprint density at radius 2 is 1.79 bits per heavy atom. The molecule has 2 nitrogen and oxygen atoms in total. The van der Waals surface area contributed by atoms with Crippen LogP contribution in [0.15, 0.2) is 54.7 Å². The molecular weight excluding hydrogens is 263 g/mol. The van der Waals surface area contributed by atoms with Gasteiger partial charge in [0.25, 0.3) is 0 Å². The van der Waals surface area contributed by atoms with Gasteiger partial charge in [-0.3, -0.25) is 4.98 Å². The zero-order valence-electron chi connectivity index (χ0n) is 9.90. The fraction of sp³-hybridized carbons (Fsp3) is 0. The van der Waals surface area contributed by atoms with Gasteiger partial charge >= 0.3 is 0 Å². The highest BCUT2D eigenvalue weighted by Gasteiger charge is 2.05. The average molecular weight is 273 g/mol. The second kappa shape index (κ2) is 4.86. The summed E-state index contributed by atoms with van der Waals surface area (Å²) in [6.07, 6.45) is 1.69. The zero-order chi connectivity index (χ0) is 13.2. The van der Waals surface area contributed by atoms with Gasteiger partial charge in [-0.25, -0.2) is 4.39 Å². The number of hydrogen-bond acceptors (Lipinski definition) is 2. The molecule has 0 saturated heterocycles. The number of pyridine rings is 1. The molecule has 1 N–H and O–H groups in total. The minimum atomic E-state index is -0.256. The van der Waals surface area contributed by atoms with Crippen LogP contribution >= 0.6 is 11.6 Å². The first-order valence-corrected chi connectivity index (χ1v) is 6.18. The maximum atomic E-state index is 12.9. The molecule has 4 heteroatoms. The summed E-state index contributed by atoms with van der Waals surface area (Å²) in [7, 11) is 0. The third-order valence-corrected chi connectivity index (χ3v) is 3.15. The van der Waals surface area contributed by atoms with Crippen molar-refractivity contribution in [3.05, 3.63) is 65.6 Å². The maximum absolute atomic E-state index is 12.9. The molecule has 0 unspecified atom stereocenters. The highest BCUT2D eigenvalue weighted by molar-refractivity contribution is 6.35. The van der Waals surface area contributed by atoms with Gasteiger partial charge in [0.05, 0.1) is 10.5 Å². The van der Waals surface area contributed by atoms with Crippen LogP contribution in [0.4, 0.5) is 15.8 Å². The fourth-order valence-corrected chi connectivity index (χ4v) is 2.16. The van der Waals surface area contributed by atoms with Gasteiger partial charge in [-0.2, -0.15) is 0 Å². The molecule has 19 heavy (non-hydrogen) atoms. The van der Waals surface area contributed by atoms with Crippen molar-refractivity contribution < 1.29 is 4.39 Å². The summed E-state index contributed by atoms with van der Waals surface area (Å²) >= 11 is 6.11. The van der Waals surface area contributed by atoms with E-state index in [1.165, 1.54) is 12.1 Å². The molecule has 3 aromatic rings. The largest absolute Gasteiger partial charge is 0.355 e. The number of anilines is 2. The Balaban J connectivity index is 2.06. The zero-order valence-corrected chi connectivity index (χ0v) is 10.7. The summed E-state index contributed by atoms with van der Waals surface area (Å²) in [6, 6.07) is 13.7. The van der Waals surface area contributed by atoms with Crippen LogP contribution < -0.4 is 5.32 Å². The fourth-order valence-electron chi connectivity index (χ4n) is 1.94. The number of hydrogen-bond donors (Lipinski definition) is 1. The highest BCUT2D eigenvalue weighted by Crippen LogP contribution is 2.29. The number of para-hydroxylation sites is 1. The number of aromatic nitrogens is 1. The molecule has 0 atom stereocenters. The van der Waals surface area contributed by atoms with Gasteiger partial charge in [-0.05, 0) is 36.4 Å². The molecule has 0 aliphatic rings. The second-order valence-electron chi connectivity index (χ2n) is 4.13. The Bertz CT molecular complexity index is 726. The number of fused-ring (bicyclic) bond motifs is 1. The lowest BCUT2D eigenvalue weighted by Crippen LogP contribution is -1.93. The number of nitrogens with one attached hydrogen (secondary N) is 1. The molecule has 0 bridgehead atoms. The maximum Gasteiger partial charge on any atom is 0.123 e. The van der Waals surface area contributed by atoms with Crippen molar-refractivity contribution in [2.75, 3.05) is 5.32 Å². The predicted octanol–water partition coefficient (Wildman–Crippen LogP) is 4.77. The van der Waals surface area contributed by atoms with E-state index >= 15 is 0 Å². The summed E-state index contributed by atoms with van der Waals surface area (Å²) in [5, 5.41) is 4.78. The topological polar surface area (TPSA) is 24.9 Å². The minimum Gasteiger partial charge on any atom is -0.355 e. The lowest BCUT2D eigenvalue weighted by Gasteiger charge is -2.09. The number of halogens is 2.